The Kier molecular flexibility index (Phi) is 1.80. The number of nitrogens with one attached hydrogen (secondary N) is 1. The van der Waals surface area contributed by atoms with E-state index in [9.17, 15) is 5.11 Å². The van der Waals surface area contributed by atoms with Gasteiger partial charge in [0.05, 0.1) is 18.0 Å². The Balaban J connectivity index is 2.59. The quantitative estimate of drug-likeness (QED) is 0.652. The lowest BCUT2D eigenvalue weighted by molar-refractivity contribution is 0.418. The van der Waals surface area contributed by atoms with Gasteiger partial charge in [0.25, 0.3) is 0 Å². The number of rotatable bonds is 1. The van der Waals surface area contributed by atoms with E-state index in [1.165, 1.54) is 0 Å². The van der Waals surface area contributed by atoms with Crippen LogP contribution in [-0.2, 0) is 0 Å². The number of benzene rings is 2. The highest BCUT2D eigenvalue weighted by molar-refractivity contribution is 6.12. The van der Waals surface area contributed by atoms with Crippen LogP contribution >= 0.6 is 0 Å². The van der Waals surface area contributed by atoms with Crippen molar-refractivity contribution < 1.29 is 9.84 Å². The zero-order chi connectivity index (χ0) is 11.1. The van der Waals surface area contributed by atoms with E-state index < -0.39 is 0 Å². The monoisotopic (exact) mass is 213 g/mol. The lowest BCUT2D eigenvalue weighted by Crippen LogP contribution is -1.83. The molecule has 3 aromatic rings. The normalized spacial score (nSPS) is 11.1. The summed E-state index contributed by atoms with van der Waals surface area (Å²) >= 11 is 0. The van der Waals surface area contributed by atoms with Gasteiger partial charge >= 0.3 is 0 Å². The van der Waals surface area contributed by atoms with E-state index in [0.29, 0.717) is 0 Å². The number of hydrogen-bond acceptors (Lipinski definition) is 2. The minimum Gasteiger partial charge on any atom is -0.506 e. The number of H-pyrrole nitrogens is 1. The molecule has 0 saturated heterocycles. The highest BCUT2D eigenvalue weighted by Crippen LogP contribution is 2.37. The fourth-order valence-corrected chi connectivity index (χ4v) is 2.08. The molecule has 0 fully saturated rings. The second-order valence-electron chi connectivity index (χ2n) is 3.71. The molecular weight excluding hydrogens is 202 g/mol. The molecule has 0 unspecified atom stereocenters. The predicted octanol–water partition coefficient (Wildman–Crippen LogP) is 3.04. The summed E-state index contributed by atoms with van der Waals surface area (Å²) in [5, 5.41) is 11.8. The van der Waals surface area contributed by atoms with Crippen LogP contribution in [-0.4, -0.2) is 17.2 Å². The van der Waals surface area contributed by atoms with Gasteiger partial charge in [0.1, 0.15) is 11.5 Å². The zero-order valence-electron chi connectivity index (χ0n) is 8.82. The molecule has 0 radical (unpaired) electrons. The number of aromatic hydroxyl groups is 1. The maximum atomic E-state index is 9.81. The molecule has 0 bridgehead atoms. The van der Waals surface area contributed by atoms with Crippen molar-refractivity contribution in [2.24, 2.45) is 0 Å². The van der Waals surface area contributed by atoms with Gasteiger partial charge in [-0.25, -0.2) is 0 Å². The van der Waals surface area contributed by atoms with Crippen LogP contribution in [0.4, 0.5) is 0 Å². The molecule has 2 N–H and O–H groups in total. The van der Waals surface area contributed by atoms with E-state index in [1.807, 2.05) is 24.3 Å². The molecule has 80 valence electrons. The predicted molar refractivity (Wildman–Crippen MR) is 64.0 cm³/mol. The maximum Gasteiger partial charge on any atom is 0.139 e. The van der Waals surface area contributed by atoms with Gasteiger partial charge < -0.3 is 14.8 Å². The van der Waals surface area contributed by atoms with E-state index in [2.05, 4.69) is 4.98 Å². The molecule has 2 aromatic carbocycles. The smallest absolute Gasteiger partial charge is 0.139 e. The Bertz CT molecular complexity index is 670. The first-order valence-electron chi connectivity index (χ1n) is 5.07. The molecule has 0 aliphatic rings. The topological polar surface area (TPSA) is 45.2 Å². The van der Waals surface area contributed by atoms with Crippen molar-refractivity contribution in [2.75, 3.05) is 7.11 Å². The molecule has 1 heterocycles. The van der Waals surface area contributed by atoms with Gasteiger partial charge in [0.2, 0.25) is 0 Å². The number of fused-ring (bicyclic) bond motifs is 3. The Morgan fingerprint density at radius 2 is 1.94 bits per heavy atom. The fourth-order valence-electron chi connectivity index (χ4n) is 2.08. The molecule has 1 aromatic heterocycles. The van der Waals surface area contributed by atoms with Crippen LogP contribution in [0.1, 0.15) is 0 Å². The Morgan fingerprint density at radius 1 is 1.12 bits per heavy atom. The fraction of sp³-hybridized carbons (Fsp3) is 0.0769. The number of hydrogen-bond donors (Lipinski definition) is 2. The number of methoxy groups -OCH3 is 1. The van der Waals surface area contributed by atoms with E-state index >= 15 is 0 Å². The molecule has 0 aliphatic heterocycles. The minimum atomic E-state index is 0.243. The van der Waals surface area contributed by atoms with Crippen LogP contribution in [0.5, 0.6) is 11.5 Å². The van der Waals surface area contributed by atoms with Gasteiger partial charge in [-0.3, -0.25) is 0 Å². The van der Waals surface area contributed by atoms with E-state index in [4.69, 9.17) is 4.74 Å². The van der Waals surface area contributed by atoms with Crippen molar-refractivity contribution in [3.63, 3.8) is 0 Å². The van der Waals surface area contributed by atoms with Crippen molar-refractivity contribution in [3.8, 4) is 11.5 Å². The van der Waals surface area contributed by atoms with Crippen molar-refractivity contribution in [1.82, 2.24) is 4.98 Å². The molecule has 0 aliphatic carbocycles. The van der Waals surface area contributed by atoms with E-state index in [1.54, 1.807) is 19.2 Å². The maximum absolute atomic E-state index is 9.81. The number of ether oxygens (including phenoxy) is 1. The lowest BCUT2D eigenvalue weighted by atomic mass is 10.1. The minimum absolute atomic E-state index is 0.243. The third kappa shape index (κ3) is 1.08. The van der Waals surface area contributed by atoms with Crippen LogP contribution in [0.2, 0.25) is 0 Å². The van der Waals surface area contributed by atoms with E-state index in [-0.39, 0.29) is 5.75 Å². The largest absolute Gasteiger partial charge is 0.506 e. The summed E-state index contributed by atoms with van der Waals surface area (Å²) in [6.45, 7) is 0. The summed E-state index contributed by atoms with van der Waals surface area (Å²) in [7, 11) is 1.63. The van der Waals surface area contributed by atoms with Gasteiger partial charge in [-0.1, -0.05) is 18.2 Å². The summed E-state index contributed by atoms with van der Waals surface area (Å²) in [5.41, 5.74) is 1.72. The Labute approximate surface area is 92.3 Å². The van der Waals surface area contributed by atoms with Crippen LogP contribution in [0.15, 0.2) is 36.4 Å². The summed E-state index contributed by atoms with van der Waals surface area (Å²) in [6, 6.07) is 11.3. The first-order chi connectivity index (χ1) is 7.81. The Hall–Kier alpha value is -2.16. The number of para-hydroxylation sites is 1. The molecule has 3 heteroatoms. The molecule has 0 atom stereocenters. The van der Waals surface area contributed by atoms with Crippen molar-refractivity contribution >= 4 is 21.8 Å². The van der Waals surface area contributed by atoms with Crippen molar-refractivity contribution in [3.05, 3.63) is 36.4 Å². The molecule has 3 rings (SSSR count). The summed E-state index contributed by atoms with van der Waals surface area (Å²) in [5.74, 6) is 1.01. The third-order valence-corrected chi connectivity index (χ3v) is 2.82. The van der Waals surface area contributed by atoms with Crippen molar-refractivity contribution in [2.45, 2.75) is 0 Å². The number of phenols is 1. The highest BCUT2D eigenvalue weighted by atomic mass is 16.5. The van der Waals surface area contributed by atoms with E-state index in [0.717, 1.165) is 27.6 Å². The third-order valence-electron chi connectivity index (χ3n) is 2.82. The van der Waals surface area contributed by atoms with Gasteiger partial charge in [-0.05, 0) is 18.2 Å². The van der Waals surface area contributed by atoms with Crippen LogP contribution in [0, 0.1) is 0 Å². The van der Waals surface area contributed by atoms with Gasteiger partial charge in [-0.2, -0.15) is 0 Å². The number of phenolic OH excluding ortho intramolecular Hbond substituents is 1. The number of aromatic nitrogens is 1. The van der Waals surface area contributed by atoms with Crippen LogP contribution in [0.25, 0.3) is 21.8 Å². The standard InChI is InChI=1S/C13H11NO2/c1-16-11-7-6-10(15)13-12(11)8-4-2-3-5-9(8)14-13/h2-7,14-15H,1H3. The van der Waals surface area contributed by atoms with Gasteiger partial charge in [0.15, 0.2) is 0 Å². The lowest BCUT2D eigenvalue weighted by Gasteiger charge is -2.02. The second-order valence-corrected chi connectivity index (χ2v) is 3.71. The first kappa shape index (κ1) is 9.09. The molecule has 0 amide bonds. The van der Waals surface area contributed by atoms with Crippen LogP contribution < -0.4 is 4.74 Å². The molecule has 3 nitrogen and oxygen atoms in total. The Morgan fingerprint density at radius 3 is 2.75 bits per heavy atom. The van der Waals surface area contributed by atoms with Gasteiger partial charge in [0, 0.05) is 10.9 Å². The van der Waals surface area contributed by atoms with Crippen LogP contribution in [0.3, 0.4) is 0 Å². The number of aromatic amines is 1. The highest BCUT2D eigenvalue weighted by Gasteiger charge is 2.11. The second kappa shape index (κ2) is 3.17. The average molecular weight is 213 g/mol. The summed E-state index contributed by atoms with van der Waals surface area (Å²) in [4.78, 5) is 3.19. The van der Waals surface area contributed by atoms with Gasteiger partial charge in [-0.15, -0.1) is 0 Å². The van der Waals surface area contributed by atoms with Crippen molar-refractivity contribution in [1.29, 1.82) is 0 Å². The molecule has 0 spiro atoms. The molecule has 16 heavy (non-hydrogen) atoms. The summed E-state index contributed by atoms with van der Waals surface area (Å²) < 4.78 is 5.32. The zero-order valence-corrected chi connectivity index (χ0v) is 8.82. The summed E-state index contributed by atoms with van der Waals surface area (Å²) in [6.07, 6.45) is 0. The molecule has 0 saturated carbocycles. The first-order valence-corrected chi connectivity index (χ1v) is 5.07. The average Bonchev–Trinajstić information content (AvgIpc) is 2.70. The SMILES string of the molecule is COc1ccc(O)c2[nH]c3ccccc3c12. The molecular formula is C13H11NO2.